The molecule has 17 heavy (non-hydrogen) atoms. The predicted molar refractivity (Wildman–Crippen MR) is 64.0 cm³/mol. The lowest BCUT2D eigenvalue weighted by Crippen LogP contribution is -2.41. The molecule has 3 nitrogen and oxygen atoms in total. The van der Waals surface area contributed by atoms with E-state index in [1.807, 2.05) is 12.1 Å². The first-order valence-electron chi connectivity index (χ1n) is 5.94. The van der Waals surface area contributed by atoms with Crippen molar-refractivity contribution in [3.05, 3.63) is 35.6 Å². The number of primary amides is 1. The third kappa shape index (κ3) is 3.19. The van der Waals surface area contributed by atoms with Crippen LogP contribution in [0.15, 0.2) is 24.3 Å². The minimum Gasteiger partial charge on any atom is -0.351 e. The molecule has 0 spiro atoms. The van der Waals surface area contributed by atoms with Crippen molar-refractivity contribution in [2.75, 3.05) is 13.1 Å². The zero-order valence-electron chi connectivity index (χ0n) is 9.73. The van der Waals surface area contributed by atoms with Gasteiger partial charge in [-0.2, -0.15) is 0 Å². The second-order valence-electron chi connectivity index (χ2n) is 4.60. The quantitative estimate of drug-likeness (QED) is 0.840. The average Bonchev–Trinajstić information content (AvgIpc) is 2.33. The number of hydrogen-bond acceptors (Lipinski definition) is 1. The Bertz CT molecular complexity index is 383. The highest BCUT2D eigenvalue weighted by atomic mass is 19.1. The minimum atomic E-state index is -0.328. The molecule has 92 valence electrons. The SMILES string of the molecule is NC(=O)N1CCC(Cc2ccc(F)cc2)CC1. The molecule has 0 radical (unpaired) electrons. The predicted octanol–water partition coefficient (Wildman–Crippen LogP) is 2.16. The van der Waals surface area contributed by atoms with Gasteiger partial charge in [0.05, 0.1) is 0 Å². The number of amides is 2. The third-order valence-electron chi connectivity index (χ3n) is 3.36. The second kappa shape index (κ2) is 5.17. The Morgan fingerprint density at radius 1 is 1.29 bits per heavy atom. The molecule has 0 bridgehead atoms. The van der Waals surface area contributed by atoms with Crippen molar-refractivity contribution in [3.8, 4) is 0 Å². The molecule has 0 aliphatic carbocycles. The summed E-state index contributed by atoms with van der Waals surface area (Å²) in [7, 11) is 0. The number of rotatable bonds is 2. The van der Waals surface area contributed by atoms with E-state index in [1.54, 1.807) is 4.90 Å². The highest BCUT2D eigenvalue weighted by molar-refractivity contribution is 5.72. The third-order valence-corrected chi connectivity index (χ3v) is 3.36. The summed E-state index contributed by atoms with van der Waals surface area (Å²) in [6.45, 7) is 1.47. The first-order chi connectivity index (χ1) is 8.15. The lowest BCUT2D eigenvalue weighted by molar-refractivity contribution is 0.179. The number of piperidine rings is 1. The Kier molecular flexibility index (Phi) is 3.61. The molecule has 2 rings (SSSR count). The summed E-state index contributed by atoms with van der Waals surface area (Å²) in [6.07, 6.45) is 2.90. The summed E-state index contributed by atoms with van der Waals surface area (Å²) in [4.78, 5) is 12.6. The standard InChI is InChI=1S/C13H17FN2O/c14-12-3-1-10(2-4-12)9-11-5-7-16(8-6-11)13(15)17/h1-4,11H,5-9H2,(H2,15,17). The molecule has 1 aliphatic heterocycles. The maximum atomic E-state index is 12.7. The van der Waals surface area contributed by atoms with E-state index in [9.17, 15) is 9.18 Å². The average molecular weight is 236 g/mol. The van der Waals surface area contributed by atoms with E-state index in [0.717, 1.165) is 37.9 Å². The van der Waals surface area contributed by atoms with Gasteiger partial charge in [-0.3, -0.25) is 0 Å². The van der Waals surface area contributed by atoms with Crippen LogP contribution < -0.4 is 5.73 Å². The zero-order chi connectivity index (χ0) is 12.3. The fourth-order valence-corrected chi connectivity index (χ4v) is 2.31. The summed E-state index contributed by atoms with van der Waals surface area (Å²) >= 11 is 0. The first kappa shape index (κ1) is 11.9. The fourth-order valence-electron chi connectivity index (χ4n) is 2.31. The van der Waals surface area contributed by atoms with Crippen molar-refractivity contribution >= 4 is 6.03 Å². The molecular formula is C13H17FN2O. The number of benzene rings is 1. The van der Waals surface area contributed by atoms with Crippen LogP contribution in [0.5, 0.6) is 0 Å². The van der Waals surface area contributed by atoms with Crippen molar-refractivity contribution in [1.82, 2.24) is 4.90 Å². The van der Waals surface area contributed by atoms with Crippen LogP contribution in [0, 0.1) is 11.7 Å². The Labute approximate surface area is 100 Å². The van der Waals surface area contributed by atoms with Gasteiger partial charge in [0.1, 0.15) is 5.82 Å². The Hall–Kier alpha value is -1.58. The molecular weight excluding hydrogens is 219 g/mol. The van der Waals surface area contributed by atoms with Gasteiger partial charge in [0.2, 0.25) is 0 Å². The molecule has 0 unspecified atom stereocenters. The van der Waals surface area contributed by atoms with Crippen LogP contribution in [0.3, 0.4) is 0 Å². The van der Waals surface area contributed by atoms with Crippen molar-refractivity contribution in [1.29, 1.82) is 0 Å². The van der Waals surface area contributed by atoms with E-state index >= 15 is 0 Å². The molecule has 1 saturated heterocycles. The largest absolute Gasteiger partial charge is 0.351 e. The number of carbonyl (C=O) groups is 1. The summed E-state index contributed by atoms with van der Waals surface area (Å²) in [5.41, 5.74) is 6.38. The normalized spacial score (nSPS) is 17.1. The van der Waals surface area contributed by atoms with Gasteiger partial charge >= 0.3 is 6.03 Å². The molecule has 2 N–H and O–H groups in total. The zero-order valence-corrected chi connectivity index (χ0v) is 9.73. The number of urea groups is 1. The topological polar surface area (TPSA) is 46.3 Å². The van der Waals surface area contributed by atoms with Crippen molar-refractivity contribution in [2.45, 2.75) is 19.3 Å². The van der Waals surface area contributed by atoms with Crippen LogP contribution in [0.4, 0.5) is 9.18 Å². The number of nitrogens with two attached hydrogens (primary N) is 1. The van der Waals surface area contributed by atoms with E-state index in [-0.39, 0.29) is 11.8 Å². The van der Waals surface area contributed by atoms with E-state index in [1.165, 1.54) is 12.1 Å². The molecule has 1 fully saturated rings. The van der Waals surface area contributed by atoms with Crippen LogP contribution in [0.1, 0.15) is 18.4 Å². The summed E-state index contributed by atoms with van der Waals surface area (Å²) < 4.78 is 12.7. The number of likely N-dealkylation sites (tertiary alicyclic amines) is 1. The van der Waals surface area contributed by atoms with E-state index < -0.39 is 0 Å². The molecule has 0 aromatic heterocycles. The number of carbonyl (C=O) groups excluding carboxylic acids is 1. The van der Waals surface area contributed by atoms with Crippen molar-refractivity contribution < 1.29 is 9.18 Å². The fraction of sp³-hybridized carbons (Fsp3) is 0.462. The summed E-state index contributed by atoms with van der Waals surface area (Å²) in [5.74, 6) is 0.369. The molecule has 2 amide bonds. The lowest BCUT2D eigenvalue weighted by Gasteiger charge is -2.30. The summed E-state index contributed by atoms with van der Waals surface area (Å²) in [5, 5.41) is 0. The van der Waals surface area contributed by atoms with Gasteiger partial charge < -0.3 is 10.6 Å². The Morgan fingerprint density at radius 2 is 1.88 bits per heavy atom. The van der Waals surface area contributed by atoms with Gasteiger partial charge in [-0.05, 0) is 42.9 Å². The minimum absolute atomic E-state index is 0.197. The Balaban J connectivity index is 1.85. The van der Waals surface area contributed by atoms with Crippen molar-refractivity contribution in [2.24, 2.45) is 11.7 Å². The van der Waals surface area contributed by atoms with Crippen LogP contribution in [0.2, 0.25) is 0 Å². The van der Waals surface area contributed by atoms with Crippen LogP contribution in [-0.2, 0) is 6.42 Å². The number of nitrogens with zero attached hydrogens (tertiary/aromatic N) is 1. The molecule has 1 aromatic carbocycles. The lowest BCUT2D eigenvalue weighted by atomic mass is 9.90. The van der Waals surface area contributed by atoms with Crippen LogP contribution in [0.25, 0.3) is 0 Å². The van der Waals surface area contributed by atoms with Gasteiger partial charge in [0.15, 0.2) is 0 Å². The monoisotopic (exact) mass is 236 g/mol. The van der Waals surface area contributed by atoms with E-state index in [4.69, 9.17) is 5.73 Å². The highest BCUT2D eigenvalue weighted by Crippen LogP contribution is 2.21. The number of hydrogen-bond donors (Lipinski definition) is 1. The maximum Gasteiger partial charge on any atom is 0.314 e. The summed E-state index contributed by atoms with van der Waals surface area (Å²) in [6, 6.07) is 6.32. The van der Waals surface area contributed by atoms with Gasteiger partial charge in [-0.15, -0.1) is 0 Å². The van der Waals surface area contributed by atoms with Crippen LogP contribution in [-0.4, -0.2) is 24.0 Å². The molecule has 1 aromatic rings. The molecule has 1 aliphatic rings. The van der Waals surface area contributed by atoms with E-state index in [0.29, 0.717) is 5.92 Å². The first-order valence-corrected chi connectivity index (χ1v) is 5.94. The van der Waals surface area contributed by atoms with Gasteiger partial charge in [-0.25, -0.2) is 9.18 Å². The molecule has 4 heteroatoms. The Morgan fingerprint density at radius 3 is 2.41 bits per heavy atom. The van der Waals surface area contributed by atoms with Gasteiger partial charge in [0.25, 0.3) is 0 Å². The molecule has 0 atom stereocenters. The molecule has 0 saturated carbocycles. The maximum absolute atomic E-state index is 12.7. The van der Waals surface area contributed by atoms with E-state index in [2.05, 4.69) is 0 Å². The molecule has 1 heterocycles. The van der Waals surface area contributed by atoms with Gasteiger partial charge in [-0.1, -0.05) is 12.1 Å². The smallest absolute Gasteiger partial charge is 0.314 e. The van der Waals surface area contributed by atoms with Gasteiger partial charge in [0, 0.05) is 13.1 Å². The van der Waals surface area contributed by atoms with Crippen LogP contribution >= 0.6 is 0 Å². The highest BCUT2D eigenvalue weighted by Gasteiger charge is 2.21. The van der Waals surface area contributed by atoms with Crippen molar-refractivity contribution in [3.63, 3.8) is 0 Å². The second-order valence-corrected chi connectivity index (χ2v) is 4.60. The number of halogens is 1.